The van der Waals surface area contributed by atoms with Gasteiger partial charge in [0, 0.05) is 17.0 Å². The lowest BCUT2D eigenvalue weighted by atomic mass is 10.0. The summed E-state index contributed by atoms with van der Waals surface area (Å²) >= 11 is 5.82. The van der Waals surface area contributed by atoms with Gasteiger partial charge in [0.25, 0.3) is 0 Å². The Morgan fingerprint density at radius 1 is 1.22 bits per heavy atom. The number of benzene rings is 2. The van der Waals surface area contributed by atoms with Gasteiger partial charge in [-0.05, 0) is 30.3 Å². The number of hydrogen-bond donors (Lipinski definition) is 1. The van der Waals surface area contributed by atoms with Gasteiger partial charge in [-0.15, -0.1) is 0 Å². The summed E-state index contributed by atoms with van der Waals surface area (Å²) in [5.74, 6) is 1.53. The second-order valence-corrected chi connectivity index (χ2v) is 5.78. The fraction of sp³-hybridized carbons (Fsp3) is 0.278. The summed E-state index contributed by atoms with van der Waals surface area (Å²) < 4.78 is 11.1. The summed E-state index contributed by atoms with van der Waals surface area (Å²) in [5, 5.41) is 3.71. The van der Waals surface area contributed by atoms with Gasteiger partial charge in [-0.3, -0.25) is 4.79 Å². The average molecular weight is 332 g/mol. The van der Waals surface area contributed by atoms with Gasteiger partial charge in [0.15, 0.2) is 0 Å². The zero-order valence-corrected chi connectivity index (χ0v) is 13.4. The van der Waals surface area contributed by atoms with Crippen LogP contribution < -0.4 is 14.8 Å². The summed E-state index contributed by atoms with van der Waals surface area (Å²) in [5.41, 5.74) is 1.03. The molecule has 0 spiro atoms. The highest BCUT2D eigenvalue weighted by atomic mass is 35.5. The van der Waals surface area contributed by atoms with E-state index in [0.717, 1.165) is 17.7 Å². The van der Waals surface area contributed by atoms with Crippen molar-refractivity contribution in [2.24, 2.45) is 0 Å². The van der Waals surface area contributed by atoms with E-state index in [-0.39, 0.29) is 11.9 Å². The van der Waals surface area contributed by atoms with Crippen LogP contribution >= 0.6 is 11.6 Å². The number of carbonyl (C=O) groups excluding carboxylic acids is 1. The predicted molar refractivity (Wildman–Crippen MR) is 89.0 cm³/mol. The molecule has 5 heteroatoms. The van der Waals surface area contributed by atoms with Crippen molar-refractivity contribution in [2.45, 2.75) is 18.9 Å². The normalized spacial score (nSPS) is 16.1. The largest absolute Gasteiger partial charge is 0.493 e. The number of fused-ring (bicyclic) bond motifs is 1. The summed E-state index contributed by atoms with van der Waals surface area (Å²) in [6.07, 6.45) is 1.09. The second kappa shape index (κ2) is 7.38. The highest BCUT2D eigenvalue weighted by Crippen LogP contribution is 2.31. The molecule has 1 atom stereocenters. The Kier molecular flexibility index (Phi) is 5.03. The summed E-state index contributed by atoms with van der Waals surface area (Å²) in [7, 11) is 0. The van der Waals surface area contributed by atoms with Crippen LogP contribution in [-0.2, 0) is 4.79 Å². The molecule has 1 heterocycles. The fourth-order valence-corrected chi connectivity index (χ4v) is 2.68. The van der Waals surface area contributed by atoms with Crippen LogP contribution in [0, 0.1) is 0 Å². The molecule has 1 aliphatic heterocycles. The van der Waals surface area contributed by atoms with Crippen LogP contribution in [0.5, 0.6) is 11.5 Å². The summed E-state index contributed by atoms with van der Waals surface area (Å²) in [6.45, 7) is 0.946. The van der Waals surface area contributed by atoms with Crippen LogP contribution in [0.2, 0.25) is 5.02 Å². The molecule has 1 aliphatic rings. The molecule has 0 aliphatic carbocycles. The van der Waals surface area contributed by atoms with Crippen LogP contribution in [0.25, 0.3) is 0 Å². The minimum Gasteiger partial charge on any atom is -0.493 e. The van der Waals surface area contributed by atoms with Gasteiger partial charge in [-0.25, -0.2) is 0 Å². The number of para-hydroxylation sites is 1. The quantitative estimate of drug-likeness (QED) is 0.907. The highest BCUT2D eigenvalue weighted by Gasteiger charge is 2.22. The van der Waals surface area contributed by atoms with Crippen molar-refractivity contribution in [3.8, 4) is 11.5 Å². The lowest BCUT2D eigenvalue weighted by Crippen LogP contribution is -2.32. The van der Waals surface area contributed by atoms with E-state index in [4.69, 9.17) is 21.1 Å². The fourth-order valence-electron chi connectivity index (χ4n) is 2.55. The summed E-state index contributed by atoms with van der Waals surface area (Å²) in [6, 6.07) is 14.9. The molecule has 2 aromatic carbocycles. The smallest absolute Gasteiger partial charge is 0.223 e. The van der Waals surface area contributed by atoms with E-state index in [1.807, 2.05) is 24.3 Å². The maximum Gasteiger partial charge on any atom is 0.223 e. The molecule has 0 bridgehead atoms. The Hall–Kier alpha value is -2.20. The first kappa shape index (κ1) is 15.7. The third kappa shape index (κ3) is 4.17. The Balaban J connectivity index is 1.49. The van der Waals surface area contributed by atoms with E-state index in [1.165, 1.54) is 0 Å². The Morgan fingerprint density at radius 3 is 2.83 bits per heavy atom. The molecule has 0 saturated heterocycles. The molecule has 0 radical (unpaired) electrons. The number of amides is 1. The Morgan fingerprint density at radius 2 is 2.00 bits per heavy atom. The topological polar surface area (TPSA) is 47.6 Å². The molecule has 2 aromatic rings. The van der Waals surface area contributed by atoms with Crippen LogP contribution in [0.15, 0.2) is 48.5 Å². The van der Waals surface area contributed by atoms with Gasteiger partial charge in [0.05, 0.1) is 25.7 Å². The first-order chi connectivity index (χ1) is 11.2. The van der Waals surface area contributed by atoms with Crippen LogP contribution in [0.3, 0.4) is 0 Å². The zero-order valence-electron chi connectivity index (χ0n) is 12.6. The molecule has 0 aromatic heterocycles. The second-order valence-electron chi connectivity index (χ2n) is 5.35. The van der Waals surface area contributed by atoms with Gasteiger partial charge >= 0.3 is 0 Å². The molecule has 4 nitrogen and oxygen atoms in total. The van der Waals surface area contributed by atoms with Crippen molar-refractivity contribution in [1.29, 1.82) is 0 Å². The van der Waals surface area contributed by atoms with E-state index >= 15 is 0 Å². The molecule has 0 fully saturated rings. The third-order valence-corrected chi connectivity index (χ3v) is 3.96. The third-order valence-electron chi connectivity index (χ3n) is 3.71. The van der Waals surface area contributed by atoms with Gasteiger partial charge in [0.1, 0.15) is 11.5 Å². The molecule has 1 unspecified atom stereocenters. The Labute approximate surface area is 140 Å². The number of hydrogen-bond acceptors (Lipinski definition) is 3. The predicted octanol–water partition coefficient (Wildman–Crippen LogP) is 3.75. The standard InChI is InChI=1S/C18H18ClNO3/c19-13-5-7-14(8-6-13)22-12-10-18(21)20-16-9-11-23-17-4-2-1-3-15(16)17/h1-8,16H,9-12H2,(H,20,21). The molecule has 120 valence electrons. The molecular formula is C18H18ClNO3. The molecule has 3 rings (SSSR count). The molecule has 1 N–H and O–H groups in total. The maximum atomic E-state index is 12.1. The lowest BCUT2D eigenvalue weighted by Gasteiger charge is -2.26. The van der Waals surface area contributed by atoms with Gasteiger partial charge in [-0.2, -0.15) is 0 Å². The number of rotatable bonds is 5. The number of halogens is 1. The van der Waals surface area contributed by atoms with E-state index in [1.54, 1.807) is 24.3 Å². The molecule has 1 amide bonds. The maximum absolute atomic E-state index is 12.1. The van der Waals surface area contributed by atoms with Crippen molar-refractivity contribution < 1.29 is 14.3 Å². The first-order valence-corrected chi connectivity index (χ1v) is 7.99. The molecule has 23 heavy (non-hydrogen) atoms. The molecular weight excluding hydrogens is 314 g/mol. The van der Waals surface area contributed by atoms with E-state index < -0.39 is 0 Å². The molecule has 0 saturated carbocycles. The first-order valence-electron chi connectivity index (χ1n) is 7.62. The zero-order chi connectivity index (χ0) is 16.1. The SMILES string of the molecule is O=C(CCOc1ccc(Cl)cc1)NC1CCOc2ccccc21. The monoisotopic (exact) mass is 331 g/mol. The van der Waals surface area contributed by atoms with Gasteiger partial charge in [-0.1, -0.05) is 29.8 Å². The number of ether oxygens (including phenoxy) is 2. The minimum absolute atomic E-state index is 0.00276. The Bertz CT molecular complexity index is 672. The number of nitrogens with one attached hydrogen (secondary N) is 1. The minimum atomic E-state index is -0.0272. The van der Waals surface area contributed by atoms with Crippen molar-refractivity contribution in [1.82, 2.24) is 5.32 Å². The van der Waals surface area contributed by atoms with E-state index in [0.29, 0.717) is 30.4 Å². The van der Waals surface area contributed by atoms with Crippen molar-refractivity contribution in [3.05, 3.63) is 59.1 Å². The van der Waals surface area contributed by atoms with Gasteiger partial charge in [0.2, 0.25) is 5.91 Å². The van der Waals surface area contributed by atoms with E-state index in [9.17, 15) is 4.79 Å². The van der Waals surface area contributed by atoms with Crippen molar-refractivity contribution in [2.75, 3.05) is 13.2 Å². The van der Waals surface area contributed by atoms with Crippen molar-refractivity contribution >= 4 is 17.5 Å². The van der Waals surface area contributed by atoms with Gasteiger partial charge < -0.3 is 14.8 Å². The summed E-state index contributed by atoms with van der Waals surface area (Å²) in [4.78, 5) is 12.1. The van der Waals surface area contributed by atoms with Crippen LogP contribution in [-0.4, -0.2) is 19.1 Å². The van der Waals surface area contributed by atoms with Crippen LogP contribution in [0.1, 0.15) is 24.4 Å². The average Bonchev–Trinajstić information content (AvgIpc) is 2.57. The number of carbonyl (C=O) groups is 1. The lowest BCUT2D eigenvalue weighted by molar-refractivity contribution is -0.122. The van der Waals surface area contributed by atoms with Crippen molar-refractivity contribution in [3.63, 3.8) is 0 Å². The van der Waals surface area contributed by atoms with Crippen LogP contribution in [0.4, 0.5) is 0 Å². The van der Waals surface area contributed by atoms with E-state index in [2.05, 4.69) is 5.32 Å². The highest BCUT2D eigenvalue weighted by molar-refractivity contribution is 6.30.